The minimum atomic E-state index is -0.593. The second kappa shape index (κ2) is 6.74. The highest BCUT2D eigenvalue weighted by molar-refractivity contribution is 6.29. The second-order valence-electron chi connectivity index (χ2n) is 6.26. The number of esters is 1. The van der Waals surface area contributed by atoms with Crippen LogP contribution >= 0.6 is 0 Å². The van der Waals surface area contributed by atoms with Crippen molar-refractivity contribution in [2.24, 2.45) is 0 Å². The van der Waals surface area contributed by atoms with Crippen LogP contribution in [0.4, 0.5) is 0 Å². The van der Waals surface area contributed by atoms with Crippen LogP contribution in [0.5, 0.6) is 11.5 Å². The van der Waals surface area contributed by atoms with E-state index in [9.17, 15) is 14.4 Å². The van der Waals surface area contributed by atoms with Gasteiger partial charge in [-0.25, -0.2) is 4.98 Å². The first-order valence-electron chi connectivity index (χ1n) is 8.56. The Kier molecular flexibility index (Phi) is 4.24. The molecule has 0 spiro atoms. The van der Waals surface area contributed by atoms with Gasteiger partial charge in [-0.05, 0) is 18.2 Å². The normalized spacial score (nSPS) is 12.2. The Morgan fingerprint density at radius 2 is 1.68 bits per heavy atom. The van der Waals surface area contributed by atoms with Crippen LogP contribution in [0.3, 0.4) is 0 Å². The van der Waals surface area contributed by atoms with Crippen molar-refractivity contribution in [3.63, 3.8) is 0 Å². The third kappa shape index (κ3) is 2.85. The van der Waals surface area contributed by atoms with Crippen LogP contribution in [0, 0.1) is 0 Å². The van der Waals surface area contributed by atoms with Gasteiger partial charge >= 0.3 is 5.97 Å². The van der Waals surface area contributed by atoms with Crippen LogP contribution in [0.25, 0.3) is 11.3 Å². The van der Waals surface area contributed by atoms with E-state index in [0.29, 0.717) is 11.4 Å². The summed E-state index contributed by atoms with van der Waals surface area (Å²) < 4.78 is 10.4. The lowest BCUT2D eigenvalue weighted by Crippen LogP contribution is -2.24. The van der Waals surface area contributed by atoms with E-state index >= 15 is 0 Å². The summed E-state index contributed by atoms with van der Waals surface area (Å²) in [6.07, 6.45) is 0. The maximum atomic E-state index is 13.1. The van der Waals surface area contributed by atoms with Crippen LogP contribution in [0.1, 0.15) is 38.9 Å². The number of hydrogen-bond acceptors (Lipinski definition) is 6. The fraction of sp³-hybridized carbons (Fsp3) is 0.0909. The minimum Gasteiger partial charge on any atom is -0.497 e. The zero-order chi connectivity index (χ0) is 19.8. The van der Waals surface area contributed by atoms with E-state index in [-0.39, 0.29) is 28.1 Å². The van der Waals surface area contributed by atoms with Crippen molar-refractivity contribution in [3.8, 4) is 22.8 Å². The Morgan fingerprint density at radius 1 is 0.929 bits per heavy atom. The van der Waals surface area contributed by atoms with Gasteiger partial charge in [-0.2, -0.15) is 0 Å². The molecule has 0 unspecified atom stereocenters. The molecule has 0 saturated heterocycles. The second-order valence-corrected chi connectivity index (χ2v) is 6.26. The van der Waals surface area contributed by atoms with Gasteiger partial charge in [-0.15, -0.1) is 0 Å². The molecule has 138 valence electrons. The highest BCUT2D eigenvalue weighted by atomic mass is 16.5. The standard InChI is InChI=1S/C22H15NO5/c1-12(24)28-18-11-17(13-6-4-3-5-7-13)23-20-19(18)21(25)16-10-14(27-2)8-9-15(16)22(20)26/h3-11H,1-2H3. The van der Waals surface area contributed by atoms with Gasteiger partial charge in [0.25, 0.3) is 0 Å². The average Bonchev–Trinajstić information content (AvgIpc) is 2.71. The van der Waals surface area contributed by atoms with E-state index in [1.807, 2.05) is 30.3 Å². The number of methoxy groups -OCH3 is 1. The van der Waals surface area contributed by atoms with Crippen LogP contribution in [-0.4, -0.2) is 29.6 Å². The fourth-order valence-corrected chi connectivity index (χ4v) is 3.20. The zero-order valence-electron chi connectivity index (χ0n) is 15.2. The smallest absolute Gasteiger partial charge is 0.308 e. The SMILES string of the molecule is COc1ccc2c(c1)C(=O)c1c(OC(C)=O)cc(-c3ccccc3)nc1C2=O. The number of carbonyl (C=O) groups excluding carboxylic acids is 3. The van der Waals surface area contributed by atoms with Gasteiger partial charge in [0.15, 0.2) is 5.78 Å². The summed E-state index contributed by atoms with van der Waals surface area (Å²) in [6, 6.07) is 15.3. The maximum absolute atomic E-state index is 13.1. The molecule has 0 aliphatic heterocycles. The predicted molar refractivity (Wildman–Crippen MR) is 101 cm³/mol. The van der Waals surface area contributed by atoms with Gasteiger partial charge in [0.05, 0.1) is 18.4 Å². The maximum Gasteiger partial charge on any atom is 0.308 e. The number of ether oxygens (including phenoxy) is 2. The van der Waals surface area contributed by atoms with Gasteiger partial charge in [-0.1, -0.05) is 30.3 Å². The molecule has 1 heterocycles. The number of nitrogens with zero attached hydrogens (tertiary/aromatic N) is 1. The third-order valence-electron chi connectivity index (χ3n) is 4.46. The van der Waals surface area contributed by atoms with Crippen LogP contribution in [0.15, 0.2) is 54.6 Å². The molecule has 1 aliphatic rings. The quantitative estimate of drug-likeness (QED) is 0.512. The molecule has 28 heavy (non-hydrogen) atoms. The number of hydrogen-bond donors (Lipinski definition) is 0. The van der Waals surface area contributed by atoms with E-state index in [4.69, 9.17) is 9.47 Å². The van der Waals surface area contributed by atoms with Crippen molar-refractivity contribution in [1.82, 2.24) is 4.98 Å². The molecule has 0 fully saturated rings. The zero-order valence-corrected chi connectivity index (χ0v) is 15.2. The van der Waals surface area contributed by atoms with Crippen molar-refractivity contribution < 1.29 is 23.9 Å². The number of aromatic nitrogens is 1. The first-order chi connectivity index (χ1) is 13.5. The largest absolute Gasteiger partial charge is 0.497 e. The Bertz CT molecular complexity index is 1140. The molecule has 2 aromatic carbocycles. The van der Waals surface area contributed by atoms with Gasteiger partial charge in [0.1, 0.15) is 17.2 Å². The van der Waals surface area contributed by atoms with Crippen LogP contribution in [-0.2, 0) is 4.79 Å². The van der Waals surface area contributed by atoms with Crippen molar-refractivity contribution in [2.45, 2.75) is 6.92 Å². The number of fused-ring (bicyclic) bond motifs is 2. The number of pyridine rings is 1. The number of rotatable bonds is 3. The molecule has 0 atom stereocenters. The highest BCUT2D eigenvalue weighted by Gasteiger charge is 2.35. The lowest BCUT2D eigenvalue weighted by atomic mass is 9.86. The summed E-state index contributed by atoms with van der Waals surface area (Å²) in [4.78, 5) is 42.3. The van der Waals surface area contributed by atoms with E-state index in [2.05, 4.69) is 4.98 Å². The lowest BCUT2D eigenvalue weighted by Gasteiger charge is -2.20. The number of carbonyl (C=O) groups is 3. The van der Waals surface area contributed by atoms with Crippen LogP contribution in [0.2, 0.25) is 0 Å². The molecule has 0 amide bonds. The fourth-order valence-electron chi connectivity index (χ4n) is 3.20. The van der Waals surface area contributed by atoms with Gasteiger partial charge in [-0.3, -0.25) is 14.4 Å². The molecule has 6 heteroatoms. The first-order valence-corrected chi connectivity index (χ1v) is 8.56. The molecular formula is C22H15NO5. The summed E-state index contributed by atoms with van der Waals surface area (Å²) in [5, 5.41) is 0. The molecule has 1 aromatic heterocycles. The minimum absolute atomic E-state index is 0.0133. The Balaban J connectivity index is 1.97. The van der Waals surface area contributed by atoms with E-state index in [0.717, 1.165) is 5.56 Å². The van der Waals surface area contributed by atoms with E-state index < -0.39 is 17.5 Å². The van der Waals surface area contributed by atoms with Crippen molar-refractivity contribution >= 4 is 17.5 Å². The topological polar surface area (TPSA) is 82.6 Å². The summed E-state index contributed by atoms with van der Waals surface area (Å²) in [5.74, 6) is -0.969. The molecule has 0 radical (unpaired) electrons. The van der Waals surface area contributed by atoms with Crippen molar-refractivity contribution in [3.05, 3.63) is 77.0 Å². The van der Waals surface area contributed by atoms with Crippen molar-refractivity contribution in [1.29, 1.82) is 0 Å². The third-order valence-corrected chi connectivity index (χ3v) is 4.46. The lowest BCUT2D eigenvalue weighted by molar-refractivity contribution is -0.131. The molecule has 1 aliphatic carbocycles. The first kappa shape index (κ1) is 17.6. The molecule has 6 nitrogen and oxygen atoms in total. The Labute approximate surface area is 160 Å². The summed E-state index contributed by atoms with van der Waals surface area (Å²) in [7, 11) is 1.47. The molecular weight excluding hydrogens is 358 g/mol. The average molecular weight is 373 g/mol. The number of benzene rings is 2. The van der Waals surface area contributed by atoms with Gasteiger partial charge in [0.2, 0.25) is 5.78 Å². The molecule has 4 rings (SSSR count). The number of ketones is 2. The van der Waals surface area contributed by atoms with Crippen molar-refractivity contribution in [2.75, 3.05) is 7.11 Å². The molecule has 0 bridgehead atoms. The van der Waals surface area contributed by atoms with Gasteiger partial charge < -0.3 is 9.47 Å². The Hall–Kier alpha value is -3.80. The molecule has 0 N–H and O–H groups in total. The highest BCUT2D eigenvalue weighted by Crippen LogP contribution is 2.36. The summed E-state index contributed by atoms with van der Waals surface area (Å²) in [5.41, 5.74) is 1.57. The van der Waals surface area contributed by atoms with E-state index in [1.165, 1.54) is 26.2 Å². The molecule has 0 saturated carbocycles. The van der Waals surface area contributed by atoms with Crippen LogP contribution < -0.4 is 9.47 Å². The Morgan fingerprint density at radius 3 is 2.36 bits per heavy atom. The predicted octanol–water partition coefficient (Wildman–Crippen LogP) is 3.46. The van der Waals surface area contributed by atoms with E-state index in [1.54, 1.807) is 12.1 Å². The summed E-state index contributed by atoms with van der Waals surface area (Å²) in [6.45, 7) is 1.24. The summed E-state index contributed by atoms with van der Waals surface area (Å²) >= 11 is 0. The monoisotopic (exact) mass is 373 g/mol. The molecule has 3 aromatic rings. The van der Waals surface area contributed by atoms with Gasteiger partial charge in [0, 0.05) is 29.7 Å².